The predicted octanol–water partition coefficient (Wildman–Crippen LogP) is 3.35. The molecule has 6 nitrogen and oxygen atoms in total. The monoisotopic (exact) mass is 362 g/mol. The third-order valence-electron chi connectivity index (χ3n) is 3.38. The van der Waals surface area contributed by atoms with E-state index in [1.807, 2.05) is 13.0 Å². The van der Waals surface area contributed by atoms with Crippen LogP contribution in [0.3, 0.4) is 0 Å². The SMILES string of the molecule is C#CCOc1ccc(/C=C(\C#N)C(=O)Nc2ccc(O)cc2)cc1OCC. The van der Waals surface area contributed by atoms with E-state index in [2.05, 4.69) is 11.2 Å². The van der Waals surface area contributed by atoms with Gasteiger partial charge in [-0.15, -0.1) is 6.42 Å². The Morgan fingerprint density at radius 2 is 1.96 bits per heavy atom. The largest absolute Gasteiger partial charge is 0.508 e. The van der Waals surface area contributed by atoms with Crippen LogP contribution in [0.25, 0.3) is 6.08 Å². The molecule has 0 saturated heterocycles. The zero-order valence-corrected chi connectivity index (χ0v) is 14.7. The number of anilines is 1. The molecule has 2 aromatic rings. The minimum Gasteiger partial charge on any atom is -0.508 e. The maximum Gasteiger partial charge on any atom is 0.266 e. The Morgan fingerprint density at radius 1 is 1.22 bits per heavy atom. The smallest absolute Gasteiger partial charge is 0.266 e. The fourth-order valence-corrected chi connectivity index (χ4v) is 2.18. The molecule has 136 valence electrons. The zero-order valence-electron chi connectivity index (χ0n) is 14.7. The van der Waals surface area contributed by atoms with Crippen molar-refractivity contribution in [3.05, 3.63) is 53.6 Å². The van der Waals surface area contributed by atoms with Gasteiger partial charge in [-0.25, -0.2) is 0 Å². The number of carbonyl (C=O) groups is 1. The highest BCUT2D eigenvalue weighted by Crippen LogP contribution is 2.29. The zero-order chi connectivity index (χ0) is 19.6. The molecule has 2 N–H and O–H groups in total. The van der Waals surface area contributed by atoms with E-state index in [1.165, 1.54) is 30.3 Å². The molecule has 0 unspecified atom stereocenters. The van der Waals surface area contributed by atoms with Crippen LogP contribution >= 0.6 is 0 Å². The van der Waals surface area contributed by atoms with Crippen molar-refractivity contribution in [1.82, 2.24) is 0 Å². The molecule has 2 rings (SSSR count). The fourth-order valence-electron chi connectivity index (χ4n) is 2.18. The van der Waals surface area contributed by atoms with Crippen LogP contribution in [0.2, 0.25) is 0 Å². The van der Waals surface area contributed by atoms with Crippen LogP contribution in [-0.4, -0.2) is 24.2 Å². The highest BCUT2D eigenvalue weighted by Gasteiger charge is 2.11. The quantitative estimate of drug-likeness (QED) is 0.341. The molecule has 27 heavy (non-hydrogen) atoms. The first-order valence-electron chi connectivity index (χ1n) is 8.12. The fraction of sp³-hybridized carbons (Fsp3) is 0.143. The number of amides is 1. The van der Waals surface area contributed by atoms with Crippen LogP contribution < -0.4 is 14.8 Å². The molecule has 0 fully saturated rings. The number of terminal acetylenes is 1. The maximum absolute atomic E-state index is 12.3. The standard InChI is InChI=1S/C21H18N2O4/c1-3-11-27-19-10-5-15(13-20(19)26-4-2)12-16(14-22)21(25)23-17-6-8-18(24)9-7-17/h1,5-10,12-13,24H,4,11H2,2H3,(H,23,25)/b16-12+. The van der Waals surface area contributed by atoms with Crippen molar-refractivity contribution in [2.24, 2.45) is 0 Å². The van der Waals surface area contributed by atoms with E-state index < -0.39 is 5.91 Å². The number of hydrogen-bond donors (Lipinski definition) is 2. The molecule has 0 heterocycles. The number of phenols is 1. The second-order valence-corrected chi connectivity index (χ2v) is 5.30. The minimum atomic E-state index is -0.561. The van der Waals surface area contributed by atoms with Crippen molar-refractivity contribution in [3.63, 3.8) is 0 Å². The van der Waals surface area contributed by atoms with Gasteiger partial charge in [0.15, 0.2) is 11.5 Å². The number of nitrogens with one attached hydrogen (secondary N) is 1. The summed E-state index contributed by atoms with van der Waals surface area (Å²) in [6, 6.07) is 12.9. The summed E-state index contributed by atoms with van der Waals surface area (Å²) in [5, 5.41) is 21.2. The average molecular weight is 362 g/mol. The van der Waals surface area contributed by atoms with Crippen molar-refractivity contribution >= 4 is 17.7 Å². The number of nitriles is 1. The van der Waals surface area contributed by atoms with Gasteiger partial charge in [0.2, 0.25) is 0 Å². The molecule has 0 radical (unpaired) electrons. The first-order valence-corrected chi connectivity index (χ1v) is 8.12. The van der Waals surface area contributed by atoms with E-state index >= 15 is 0 Å². The molecular weight excluding hydrogens is 344 g/mol. The number of phenolic OH excluding ortho intramolecular Hbond substituents is 1. The first-order chi connectivity index (χ1) is 13.1. The Kier molecular flexibility index (Phi) is 6.87. The summed E-state index contributed by atoms with van der Waals surface area (Å²) in [5.74, 6) is 2.86. The van der Waals surface area contributed by atoms with Gasteiger partial charge in [-0.2, -0.15) is 5.26 Å². The van der Waals surface area contributed by atoms with Crippen LogP contribution in [0, 0.1) is 23.7 Å². The van der Waals surface area contributed by atoms with Crippen LogP contribution in [-0.2, 0) is 4.79 Å². The highest BCUT2D eigenvalue weighted by atomic mass is 16.5. The topological polar surface area (TPSA) is 91.6 Å². The van der Waals surface area contributed by atoms with Crippen molar-refractivity contribution in [1.29, 1.82) is 5.26 Å². The van der Waals surface area contributed by atoms with E-state index in [9.17, 15) is 15.2 Å². The van der Waals surface area contributed by atoms with Gasteiger partial charge in [0.05, 0.1) is 6.61 Å². The van der Waals surface area contributed by atoms with Crippen LogP contribution in [0.1, 0.15) is 12.5 Å². The molecule has 0 aliphatic carbocycles. The van der Waals surface area contributed by atoms with E-state index in [0.29, 0.717) is 29.4 Å². The van der Waals surface area contributed by atoms with E-state index in [-0.39, 0.29) is 17.9 Å². The molecular formula is C21H18N2O4. The lowest BCUT2D eigenvalue weighted by atomic mass is 10.1. The number of aromatic hydroxyl groups is 1. The predicted molar refractivity (Wildman–Crippen MR) is 102 cm³/mol. The lowest BCUT2D eigenvalue weighted by molar-refractivity contribution is -0.112. The lowest BCUT2D eigenvalue weighted by Crippen LogP contribution is -2.13. The average Bonchev–Trinajstić information content (AvgIpc) is 2.67. The summed E-state index contributed by atoms with van der Waals surface area (Å²) >= 11 is 0. The summed E-state index contributed by atoms with van der Waals surface area (Å²) in [4.78, 5) is 12.3. The molecule has 0 bridgehead atoms. The Bertz CT molecular complexity index is 919. The molecule has 0 spiro atoms. The number of carbonyl (C=O) groups excluding carboxylic acids is 1. The van der Waals surface area contributed by atoms with Crippen LogP contribution in [0.4, 0.5) is 5.69 Å². The van der Waals surface area contributed by atoms with Gasteiger partial charge in [-0.05, 0) is 55.0 Å². The van der Waals surface area contributed by atoms with Crippen molar-refractivity contribution in [2.45, 2.75) is 6.92 Å². The van der Waals surface area contributed by atoms with Gasteiger partial charge >= 0.3 is 0 Å². The van der Waals surface area contributed by atoms with Gasteiger partial charge in [0, 0.05) is 5.69 Å². The number of rotatable bonds is 7. The van der Waals surface area contributed by atoms with Gasteiger partial charge < -0.3 is 19.9 Å². The van der Waals surface area contributed by atoms with Gasteiger partial charge in [0.1, 0.15) is 24.0 Å². The molecule has 0 atom stereocenters. The summed E-state index contributed by atoms with van der Waals surface area (Å²) in [6.07, 6.45) is 6.65. The Balaban J connectivity index is 2.24. The number of ether oxygens (including phenoxy) is 2. The number of benzene rings is 2. The van der Waals surface area contributed by atoms with Crippen molar-refractivity contribution in [2.75, 3.05) is 18.5 Å². The summed E-state index contributed by atoms with van der Waals surface area (Å²) in [5.41, 5.74) is 0.985. The third kappa shape index (κ3) is 5.55. The van der Waals surface area contributed by atoms with Gasteiger partial charge in [-0.3, -0.25) is 4.79 Å². The highest BCUT2D eigenvalue weighted by molar-refractivity contribution is 6.09. The summed E-state index contributed by atoms with van der Waals surface area (Å²) in [6.45, 7) is 2.36. The molecule has 0 aliphatic heterocycles. The van der Waals surface area contributed by atoms with E-state index in [0.717, 1.165) is 0 Å². The summed E-state index contributed by atoms with van der Waals surface area (Å²) in [7, 11) is 0. The second kappa shape index (κ2) is 9.55. The lowest BCUT2D eigenvalue weighted by Gasteiger charge is -2.11. The van der Waals surface area contributed by atoms with Gasteiger partial charge in [-0.1, -0.05) is 12.0 Å². The van der Waals surface area contributed by atoms with Crippen molar-refractivity contribution < 1.29 is 19.4 Å². The minimum absolute atomic E-state index is 0.0807. The Hall–Kier alpha value is -3.90. The van der Waals surface area contributed by atoms with E-state index in [4.69, 9.17) is 15.9 Å². The van der Waals surface area contributed by atoms with Crippen molar-refractivity contribution in [3.8, 4) is 35.7 Å². The Morgan fingerprint density at radius 3 is 2.59 bits per heavy atom. The Labute approximate surface area is 157 Å². The molecule has 6 heteroatoms. The number of hydrogen-bond acceptors (Lipinski definition) is 5. The summed E-state index contributed by atoms with van der Waals surface area (Å²) < 4.78 is 10.9. The molecule has 2 aromatic carbocycles. The maximum atomic E-state index is 12.3. The van der Waals surface area contributed by atoms with Gasteiger partial charge in [0.25, 0.3) is 5.91 Å². The van der Waals surface area contributed by atoms with Crippen LogP contribution in [0.15, 0.2) is 48.0 Å². The van der Waals surface area contributed by atoms with Crippen LogP contribution in [0.5, 0.6) is 17.2 Å². The second-order valence-electron chi connectivity index (χ2n) is 5.30. The molecule has 0 saturated carbocycles. The molecule has 0 aromatic heterocycles. The third-order valence-corrected chi connectivity index (χ3v) is 3.38. The first kappa shape index (κ1) is 19.4. The van der Waals surface area contributed by atoms with E-state index in [1.54, 1.807) is 18.2 Å². The number of nitrogens with zero attached hydrogens (tertiary/aromatic N) is 1. The molecule has 1 amide bonds. The molecule has 0 aliphatic rings. The normalized spacial score (nSPS) is 10.4.